The molecule has 7 heteroatoms. The Kier molecular flexibility index (Phi) is 4.87. The standard InChI is InChI=1S/C14H19N3O4/c1-2-21-12-8-11(15)14(12)16-13(18)7-9-3-5-10(6-4-9)17(19)20/h3-6,11-12,14H,2,7-8,15H2,1H3,(H,16,18). The van der Waals surface area contributed by atoms with E-state index in [4.69, 9.17) is 10.5 Å². The van der Waals surface area contributed by atoms with Gasteiger partial charge in [-0.05, 0) is 18.9 Å². The van der Waals surface area contributed by atoms with Gasteiger partial charge in [-0.25, -0.2) is 0 Å². The average molecular weight is 293 g/mol. The summed E-state index contributed by atoms with van der Waals surface area (Å²) in [5, 5.41) is 13.4. The van der Waals surface area contributed by atoms with Gasteiger partial charge in [-0.15, -0.1) is 0 Å². The van der Waals surface area contributed by atoms with Crippen LogP contribution in [0.15, 0.2) is 24.3 Å². The van der Waals surface area contributed by atoms with Crippen molar-refractivity contribution >= 4 is 11.6 Å². The van der Waals surface area contributed by atoms with Gasteiger partial charge in [-0.3, -0.25) is 14.9 Å². The second-order valence-electron chi connectivity index (χ2n) is 5.09. The van der Waals surface area contributed by atoms with Crippen LogP contribution in [0.1, 0.15) is 18.9 Å². The molecule has 1 aliphatic rings. The van der Waals surface area contributed by atoms with Crippen molar-refractivity contribution in [3.05, 3.63) is 39.9 Å². The highest BCUT2D eigenvalue weighted by Gasteiger charge is 2.40. The fourth-order valence-electron chi connectivity index (χ4n) is 2.38. The lowest BCUT2D eigenvalue weighted by Gasteiger charge is -2.42. The summed E-state index contributed by atoms with van der Waals surface area (Å²) in [7, 11) is 0. The summed E-state index contributed by atoms with van der Waals surface area (Å²) in [6, 6.07) is 5.70. The number of hydrogen-bond acceptors (Lipinski definition) is 5. The Hall–Kier alpha value is -1.99. The van der Waals surface area contributed by atoms with Gasteiger partial charge in [-0.2, -0.15) is 0 Å². The van der Waals surface area contributed by atoms with E-state index >= 15 is 0 Å². The molecule has 0 aromatic heterocycles. The second kappa shape index (κ2) is 6.64. The normalized spacial score (nSPS) is 24.2. The molecule has 1 amide bonds. The Bertz CT molecular complexity index is 515. The van der Waals surface area contributed by atoms with Crippen molar-refractivity contribution in [3.8, 4) is 0 Å². The zero-order valence-electron chi connectivity index (χ0n) is 11.8. The molecule has 3 unspecified atom stereocenters. The zero-order chi connectivity index (χ0) is 15.4. The first-order valence-electron chi connectivity index (χ1n) is 6.91. The molecular weight excluding hydrogens is 274 g/mol. The molecular formula is C14H19N3O4. The van der Waals surface area contributed by atoms with Crippen LogP contribution in [0.25, 0.3) is 0 Å². The van der Waals surface area contributed by atoms with Crippen LogP contribution in [0.5, 0.6) is 0 Å². The Morgan fingerprint density at radius 3 is 2.67 bits per heavy atom. The number of hydrogen-bond donors (Lipinski definition) is 2. The minimum atomic E-state index is -0.468. The summed E-state index contributed by atoms with van der Waals surface area (Å²) in [4.78, 5) is 22.1. The van der Waals surface area contributed by atoms with E-state index in [1.165, 1.54) is 12.1 Å². The molecule has 1 fully saturated rings. The van der Waals surface area contributed by atoms with Crippen LogP contribution in [0.4, 0.5) is 5.69 Å². The summed E-state index contributed by atoms with van der Waals surface area (Å²) in [6.07, 6.45) is 0.891. The van der Waals surface area contributed by atoms with E-state index in [2.05, 4.69) is 5.32 Å². The van der Waals surface area contributed by atoms with Gasteiger partial charge in [0.2, 0.25) is 5.91 Å². The molecule has 0 saturated heterocycles. The number of benzene rings is 1. The average Bonchev–Trinajstić information content (AvgIpc) is 2.45. The molecule has 1 aliphatic carbocycles. The van der Waals surface area contributed by atoms with Gasteiger partial charge >= 0.3 is 0 Å². The van der Waals surface area contributed by atoms with Crippen LogP contribution in [-0.4, -0.2) is 35.6 Å². The second-order valence-corrected chi connectivity index (χ2v) is 5.09. The van der Waals surface area contributed by atoms with Crippen molar-refractivity contribution in [1.29, 1.82) is 0 Å². The highest BCUT2D eigenvalue weighted by molar-refractivity contribution is 5.79. The third-order valence-electron chi connectivity index (χ3n) is 3.59. The van der Waals surface area contributed by atoms with Gasteiger partial charge in [0, 0.05) is 24.8 Å². The van der Waals surface area contributed by atoms with Crippen LogP contribution >= 0.6 is 0 Å². The van der Waals surface area contributed by atoms with Gasteiger partial charge in [0.05, 0.1) is 23.5 Å². The summed E-state index contributed by atoms with van der Waals surface area (Å²) < 4.78 is 5.48. The number of nitrogens with one attached hydrogen (secondary N) is 1. The number of nitro benzene ring substituents is 1. The number of nitro groups is 1. The molecule has 0 heterocycles. The first-order valence-corrected chi connectivity index (χ1v) is 6.91. The third kappa shape index (κ3) is 3.77. The van der Waals surface area contributed by atoms with E-state index in [1.807, 2.05) is 6.92 Å². The quantitative estimate of drug-likeness (QED) is 0.594. The van der Waals surface area contributed by atoms with Crippen molar-refractivity contribution in [2.45, 2.75) is 38.0 Å². The van der Waals surface area contributed by atoms with Gasteiger partial charge in [0.15, 0.2) is 0 Å². The summed E-state index contributed by atoms with van der Waals surface area (Å²) in [5.74, 6) is -0.159. The maximum absolute atomic E-state index is 12.0. The van der Waals surface area contributed by atoms with Gasteiger partial charge in [-0.1, -0.05) is 12.1 Å². The highest BCUT2D eigenvalue weighted by atomic mass is 16.6. The van der Waals surface area contributed by atoms with Crippen LogP contribution in [-0.2, 0) is 16.0 Å². The van der Waals surface area contributed by atoms with Gasteiger partial charge < -0.3 is 15.8 Å². The number of rotatable bonds is 6. The molecule has 0 aliphatic heterocycles. The van der Waals surface area contributed by atoms with E-state index in [-0.39, 0.29) is 36.2 Å². The van der Waals surface area contributed by atoms with Crippen LogP contribution < -0.4 is 11.1 Å². The maximum Gasteiger partial charge on any atom is 0.269 e. The van der Waals surface area contributed by atoms with Crippen molar-refractivity contribution in [3.63, 3.8) is 0 Å². The van der Waals surface area contributed by atoms with Crippen LogP contribution in [0.3, 0.4) is 0 Å². The SMILES string of the molecule is CCOC1CC(N)C1NC(=O)Cc1ccc([N+](=O)[O-])cc1. The summed E-state index contributed by atoms with van der Waals surface area (Å²) >= 11 is 0. The lowest BCUT2D eigenvalue weighted by molar-refractivity contribution is -0.384. The van der Waals surface area contributed by atoms with E-state index < -0.39 is 4.92 Å². The van der Waals surface area contributed by atoms with Crippen molar-refractivity contribution in [2.75, 3.05) is 6.61 Å². The third-order valence-corrected chi connectivity index (χ3v) is 3.59. The van der Waals surface area contributed by atoms with E-state index in [0.717, 1.165) is 12.0 Å². The predicted octanol–water partition coefficient (Wildman–Crippen LogP) is 0.758. The summed E-state index contributed by atoms with van der Waals surface area (Å²) in [6.45, 7) is 2.49. The molecule has 0 spiro atoms. The van der Waals surface area contributed by atoms with Crippen molar-refractivity contribution in [2.24, 2.45) is 5.73 Å². The molecule has 21 heavy (non-hydrogen) atoms. The first kappa shape index (κ1) is 15.4. The van der Waals surface area contributed by atoms with E-state index in [0.29, 0.717) is 6.61 Å². The highest BCUT2D eigenvalue weighted by Crippen LogP contribution is 2.22. The fourth-order valence-corrected chi connectivity index (χ4v) is 2.38. The van der Waals surface area contributed by atoms with Crippen molar-refractivity contribution < 1.29 is 14.5 Å². The number of nitrogens with zero attached hydrogens (tertiary/aromatic N) is 1. The van der Waals surface area contributed by atoms with Crippen LogP contribution in [0.2, 0.25) is 0 Å². The lowest BCUT2D eigenvalue weighted by atomic mass is 9.83. The number of carbonyl (C=O) groups excluding carboxylic acids is 1. The number of ether oxygens (including phenoxy) is 1. The van der Waals surface area contributed by atoms with Gasteiger partial charge in [0.25, 0.3) is 5.69 Å². The molecule has 0 bridgehead atoms. The molecule has 1 aromatic carbocycles. The molecule has 0 radical (unpaired) electrons. The molecule has 2 rings (SSSR count). The lowest BCUT2D eigenvalue weighted by Crippen LogP contribution is -2.64. The molecule has 3 atom stereocenters. The minimum absolute atomic E-state index is 0.0107. The molecule has 3 N–H and O–H groups in total. The van der Waals surface area contributed by atoms with E-state index in [9.17, 15) is 14.9 Å². The maximum atomic E-state index is 12.0. The van der Waals surface area contributed by atoms with Crippen molar-refractivity contribution in [1.82, 2.24) is 5.32 Å². The Labute approximate surface area is 122 Å². The summed E-state index contributed by atoms with van der Waals surface area (Å²) in [5.41, 5.74) is 6.60. The monoisotopic (exact) mass is 293 g/mol. The Balaban J connectivity index is 1.88. The number of carbonyl (C=O) groups is 1. The first-order chi connectivity index (χ1) is 10.0. The predicted molar refractivity (Wildman–Crippen MR) is 76.7 cm³/mol. The molecule has 7 nitrogen and oxygen atoms in total. The largest absolute Gasteiger partial charge is 0.376 e. The Morgan fingerprint density at radius 1 is 1.48 bits per heavy atom. The number of amides is 1. The fraction of sp³-hybridized carbons (Fsp3) is 0.500. The smallest absolute Gasteiger partial charge is 0.269 e. The van der Waals surface area contributed by atoms with E-state index in [1.54, 1.807) is 12.1 Å². The molecule has 1 saturated carbocycles. The number of non-ortho nitro benzene ring substituents is 1. The number of nitrogens with two attached hydrogens (primary N) is 1. The van der Waals surface area contributed by atoms with Gasteiger partial charge in [0.1, 0.15) is 0 Å². The van der Waals surface area contributed by atoms with Crippen LogP contribution in [0, 0.1) is 10.1 Å². The minimum Gasteiger partial charge on any atom is -0.376 e. The molecule has 1 aromatic rings. The molecule has 114 valence electrons. The Morgan fingerprint density at radius 2 is 2.14 bits per heavy atom. The topological polar surface area (TPSA) is 107 Å². The zero-order valence-corrected chi connectivity index (χ0v) is 11.8.